The number of pyridine rings is 1. The second-order valence-corrected chi connectivity index (χ2v) is 9.32. The zero-order valence-corrected chi connectivity index (χ0v) is 19.3. The fourth-order valence-electron chi connectivity index (χ4n) is 3.62. The highest BCUT2D eigenvalue weighted by molar-refractivity contribution is 7.91. The number of amides is 1. The molecule has 4 rings (SSSR count). The Bertz CT molecular complexity index is 1510. The second-order valence-electron chi connectivity index (χ2n) is 7.41. The highest BCUT2D eigenvalue weighted by Gasteiger charge is 2.25. The average Bonchev–Trinajstić information content (AvgIpc) is 2.85. The quantitative estimate of drug-likeness (QED) is 0.436. The van der Waals surface area contributed by atoms with Gasteiger partial charge in [0, 0.05) is 18.0 Å². The van der Waals surface area contributed by atoms with Gasteiger partial charge in [-0.15, -0.1) is 0 Å². The summed E-state index contributed by atoms with van der Waals surface area (Å²) in [5, 5.41) is 2.85. The number of carbonyl (C=O) groups is 1. The largest absolute Gasteiger partial charge is 0.493 e. The van der Waals surface area contributed by atoms with Gasteiger partial charge in [-0.05, 0) is 30.3 Å². The number of hydrogen-bond acceptors (Lipinski definition) is 6. The molecule has 9 heteroatoms. The maximum atomic E-state index is 13.4. The lowest BCUT2D eigenvalue weighted by molar-refractivity contribution is -0.116. The molecule has 1 amide bonds. The molecule has 1 N–H and O–H groups in total. The van der Waals surface area contributed by atoms with Gasteiger partial charge in [-0.3, -0.25) is 9.59 Å². The smallest absolute Gasteiger partial charge is 0.244 e. The van der Waals surface area contributed by atoms with Crippen LogP contribution in [0.15, 0.2) is 93.6 Å². The van der Waals surface area contributed by atoms with Gasteiger partial charge in [-0.25, -0.2) is 8.42 Å². The van der Waals surface area contributed by atoms with Crippen LogP contribution in [0.4, 0.5) is 5.69 Å². The molecule has 1 aromatic heterocycles. The van der Waals surface area contributed by atoms with Crippen molar-refractivity contribution in [1.29, 1.82) is 0 Å². The van der Waals surface area contributed by atoms with Crippen molar-refractivity contribution >= 4 is 32.3 Å². The first-order chi connectivity index (χ1) is 16.3. The van der Waals surface area contributed by atoms with E-state index in [4.69, 9.17) is 9.47 Å². The van der Waals surface area contributed by atoms with E-state index in [1.807, 2.05) is 6.07 Å². The highest BCUT2D eigenvalue weighted by Crippen LogP contribution is 2.32. The van der Waals surface area contributed by atoms with E-state index in [1.165, 1.54) is 43.2 Å². The van der Waals surface area contributed by atoms with E-state index in [0.717, 1.165) is 0 Å². The summed E-state index contributed by atoms with van der Waals surface area (Å²) in [4.78, 5) is 25.7. The van der Waals surface area contributed by atoms with Crippen LogP contribution < -0.4 is 20.2 Å². The number of methoxy groups -OCH3 is 2. The summed E-state index contributed by atoms with van der Waals surface area (Å²) in [5.74, 6) is 0.209. The van der Waals surface area contributed by atoms with Crippen molar-refractivity contribution in [2.45, 2.75) is 16.3 Å². The van der Waals surface area contributed by atoms with Gasteiger partial charge in [0.2, 0.25) is 21.2 Å². The van der Waals surface area contributed by atoms with Crippen LogP contribution in [-0.2, 0) is 21.2 Å². The van der Waals surface area contributed by atoms with E-state index in [2.05, 4.69) is 5.32 Å². The number of anilines is 1. The normalized spacial score (nSPS) is 11.2. The number of hydrogen-bond donors (Lipinski definition) is 1. The molecule has 0 saturated heterocycles. The van der Waals surface area contributed by atoms with Crippen molar-refractivity contribution in [2.24, 2.45) is 0 Å². The molecule has 0 aliphatic heterocycles. The molecular weight excluding hydrogens is 456 g/mol. The minimum atomic E-state index is -4.15. The Hall–Kier alpha value is -4.11. The molecule has 0 radical (unpaired) electrons. The first-order valence-electron chi connectivity index (χ1n) is 10.3. The fraction of sp³-hybridized carbons (Fsp3) is 0.120. The molecule has 4 aromatic rings. The Kier molecular flexibility index (Phi) is 6.38. The van der Waals surface area contributed by atoms with E-state index < -0.39 is 26.1 Å². The fourth-order valence-corrected chi connectivity index (χ4v) is 5.01. The van der Waals surface area contributed by atoms with E-state index >= 15 is 0 Å². The number of fused-ring (bicyclic) bond motifs is 1. The summed E-state index contributed by atoms with van der Waals surface area (Å²) >= 11 is 0. The summed E-state index contributed by atoms with van der Waals surface area (Å²) in [7, 11) is -1.29. The van der Waals surface area contributed by atoms with Crippen LogP contribution in [0.25, 0.3) is 10.9 Å². The molecular formula is C25H22N2O6S. The number of benzene rings is 3. The molecule has 3 aromatic carbocycles. The molecule has 0 atom stereocenters. The van der Waals surface area contributed by atoms with E-state index in [-0.39, 0.29) is 22.6 Å². The van der Waals surface area contributed by atoms with Gasteiger partial charge in [-0.1, -0.05) is 36.4 Å². The summed E-state index contributed by atoms with van der Waals surface area (Å²) < 4.78 is 38.7. The molecule has 0 aliphatic rings. The zero-order valence-electron chi connectivity index (χ0n) is 18.5. The maximum Gasteiger partial charge on any atom is 0.244 e. The summed E-state index contributed by atoms with van der Waals surface area (Å²) in [6.07, 6.45) is 1.20. The van der Waals surface area contributed by atoms with E-state index in [1.54, 1.807) is 48.5 Å². The minimum absolute atomic E-state index is 0.0211. The molecule has 0 saturated carbocycles. The van der Waals surface area contributed by atoms with Crippen molar-refractivity contribution in [3.63, 3.8) is 0 Å². The third-order valence-corrected chi connectivity index (χ3v) is 7.03. The number of nitrogens with one attached hydrogen (secondary N) is 1. The summed E-state index contributed by atoms with van der Waals surface area (Å²) in [6, 6.07) is 19.5. The second kappa shape index (κ2) is 9.40. The van der Waals surface area contributed by atoms with Crippen LogP contribution in [0.3, 0.4) is 0 Å². The Morgan fingerprint density at radius 1 is 0.912 bits per heavy atom. The average molecular weight is 479 g/mol. The maximum absolute atomic E-state index is 13.4. The van der Waals surface area contributed by atoms with Gasteiger partial charge in [-0.2, -0.15) is 0 Å². The van der Waals surface area contributed by atoms with Crippen molar-refractivity contribution in [1.82, 2.24) is 4.57 Å². The molecule has 174 valence electrons. The first-order valence-corrected chi connectivity index (χ1v) is 11.8. The standard InChI is InChI=1S/C25H22N2O6S/c1-32-21-13-19-20(14-22(21)33-2)27(16-24(28)26-17-9-5-3-6-10-17)15-23(25(19)29)34(30,31)18-11-7-4-8-12-18/h3-15H,16H2,1-2H3,(H,26,28). The van der Waals surface area contributed by atoms with Crippen LogP contribution in [-0.4, -0.2) is 33.1 Å². The van der Waals surface area contributed by atoms with Gasteiger partial charge in [0.25, 0.3) is 0 Å². The van der Waals surface area contributed by atoms with Crippen molar-refractivity contribution in [3.8, 4) is 11.5 Å². The monoisotopic (exact) mass is 478 g/mol. The zero-order chi connectivity index (χ0) is 24.3. The van der Waals surface area contributed by atoms with Crippen LogP contribution in [0, 0.1) is 0 Å². The number of nitrogens with zero attached hydrogens (tertiary/aromatic N) is 1. The van der Waals surface area contributed by atoms with Crippen LogP contribution in [0.2, 0.25) is 0 Å². The summed E-state index contributed by atoms with van der Waals surface area (Å²) in [5.41, 5.74) is 0.228. The molecule has 0 unspecified atom stereocenters. The van der Waals surface area contributed by atoms with Crippen LogP contribution >= 0.6 is 0 Å². The lowest BCUT2D eigenvalue weighted by Crippen LogP contribution is -2.24. The van der Waals surface area contributed by atoms with E-state index in [0.29, 0.717) is 17.0 Å². The van der Waals surface area contributed by atoms with Gasteiger partial charge in [0.05, 0.1) is 30.0 Å². The summed E-state index contributed by atoms with van der Waals surface area (Å²) in [6.45, 7) is -0.238. The predicted octanol–water partition coefficient (Wildman–Crippen LogP) is 3.49. The first kappa shape index (κ1) is 23.1. The van der Waals surface area contributed by atoms with Crippen LogP contribution in [0.1, 0.15) is 0 Å². The molecule has 0 fully saturated rings. The van der Waals surface area contributed by atoms with Crippen molar-refractivity contribution < 1.29 is 22.7 Å². The lowest BCUT2D eigenvalue weighted by Gasteiger charge is -2.16. The minimum Gasteiger partial charge on any atom is -0.493 e. The van der Waals surface area contributed by atoms with Crippen LogP contribution in [0.5, 0.6) is 11.5 Å². The molecule has 0 spiro atoms. The number of aromatic nitrogens is 1. The van der Waals surface area contributed by atoms with Crippen molar-refractivity contribution in [2.75, 3.05) is 19.5 Å². The molecule has 1 heterocycles. The number of carbonyl (C=O) groups excluding carboxylic acids is 1. The van der Waals surface area contributed by atoms with E-state index in [9.17, 15) is 18.0 Å². The topological polar surface area (TPSA) is 104 Å². The number of ether oxygens (including phenoxy) is 2. The van der Waals surface area contributed by atoms with Gasteiger partial charge < -0.3 is 19.4 Å². The van der Waals surface area contributed by atoms with Gasteiger partial charge in [0.1, 0.15) is 11.4 Å². The third-order valence-electron chi connectivity index (χ3n) is 5.27. The Morgan fingerprint density at radius 3 is 2.12 bits per heavy atom. The number of para-hydroxylation sites is 1. The van der Waals surface area contributed by atoms with Gasteiger partial charge >= 0.3 is 0 Å². The highest BCUT2D eigenvalue weighted by atomic mass is 32.2. The Morgan fingerprint density at radius 2 is 1.50 bits per heavy atom. The Balaban J connectivity index is 1.91. The molecule has 34 heavy (non-hydrogen) atoms. The Labute approximate surface area is 196 Å². The lowest BCUT2D eigenvalue weighted by atomic mass is 10.1. The molecule has 8 nitrogen and oxygen atoms in total. The SMILES string of the molecule is COc1cc2c(=O)c(S(=O)(=O)c3ccccc3)cn(CC(=O)Nc3ccccc3)c2cc1OC. The van der Waals surface area contributed by atoms with Gasteiger partial charge in [0.15, 0.2) is 11.5 Å². The predicted molar refractivity (Wildman–Crippen MR) is 128 cm³/mol. The third kappa shape index (κ3) is 4.38. The number of sulfone groups is 1. The van der Waals surface area contributed by atoms with Crippen molar-refractivity contribution in [3.05, 3.63) is 89.2 Å². The number of rotatable bonds is 7. The molecule has 0 aliphatic carbocycles. The molecule has 0 bridgehead atoms.